The van der Waals surface area contributed by atoms with E-state index in [1.165, 1.54) is 0 Å². The summed E-state index contributed by atoms with van der Waals surface area (Å²) >= 11 is 0. The number of anilines is 1. The molecule has 0 saturated carbocycles. The molecule has 2 atom stereocenters. The Balaban J connectivity index is 1.56. The van der Waals surface area contributed by atoms with Gasteiger partial charge in [0.2, 0.25) is 11.8 Å². The summed E-state index contributed by atoms with van der Waals surface area (Å²) in [6, 6.07) is 3.41. The predicted molar refractivity (Wildman–Crippen MR) is 93.5 cm³/mol. The molecule has 0 bridgehead atoms. The summed E-state index contributed by atoms with van der Waals surface area (Å²) in [4.78, 5) is 16.7. The zero-order valence-electron chi connectivity index (χ0n) is 14.4. The lowest BCUT2D eigenvalue weighted by atomic mass is 9.87. The highest BCUT2D eigenvalue weighted by atomic mass is 16.5. The second-order valence-electron chi connectivity index (χ2n) is 6.68. The highest BCUT2D eigenvalue weighted by Gasteiger charge is 2.35. The van der Waals surface area contributed by atoms with Crippen LogP contribution in [0.5, 0.6) is 5.88 Å². The Morgan fingerprint density at radius 2 is 2.24 bits per heavy atom. The molecular formula is C18H27N3O4. The number of carbonyl (C=O) groups is 1. The van der Waals surface area contributed by atoms with Crippen molar-refractivity contribution in [3.63, 3.8) is 0 Å². The van der Waals surface area contributed by atoms with Gasteiger partial charge in [0.1, 0.15) is 6.61 Å². The van der Waals surface area contributed by atoms with Crippen molar-refractivity contribution < 1.29 is 19.4 Å². The van der Waals surface area contributed by atoms with Gasteiger partial charge in [-0.05, 0) is 50.8 Å². The molecule has 3 rings (SSSR count). The minimum Gasteiger partial charge on any atom is -0.475 e. The normalized spacial score (nSPS) is 24.2. The second-order valence-corrected chi connectivity index (χ2v) is 6.68. The van der Waals surface area contributed by atoms with Crippen molar-refractivity contribution in [3.05, 3.63) is 18.3 Å². The van der Waals surface area contributed by atoms with Crippen molar-refractivity contribution in [1.82, 2.24) is 10.3 Å². The van der Waals surface area contributed by atoms with Crippen LogP contribution in [0.4, 0.5) is 5.69 Å². The van der Waals surface area contributed by atoms with E-state index in [1.54, 1.807) is 18.3 Å². The Bertz CT molecular complexity index is 563. The van der Waals surface area contributed by atoms with Crippen LogP contribution >= 0.6 is 0 Å². The molecule has 1 aromatic rings. The first-order chi connectivity index (χ1) is 12.3. The van der Waals surface area contributed by atoms with E-state index in [-0.39, 0.29) is 31.1 Å². The van der Waals surface area contributed by atoms with Crippen LogP contribution in [-0.2, 0) is 9.53 Å². The van der Waals surface area contributed by atoms with E-state index in [0.29, 0.717) is 24.1 Å². The number of nitrogens with one attached hydrogen (secondary N) is 2. The first-order valence-electron chi connectivity index (χ1n) is 9.09. The fourth-order valence-corrected chi connectivity index (χ4v) is 3.58. The quantitative estimate of drug-likeness (QED) is 0.685. The smallest absolute Gasteiger partial charge is 0.230 e. The van der Waals surface area contributed by atoms with Crippen LogP contribution in [0.15, 0.2) is 18.3 Å². The minimum absolute atomic E-state index is 0.00394. The topological polar surface area (TPSA) is 92.7 Å². The lowest BCUT2D eigenvalue weighted by Gasteiger charge is -2.27. The maximum Gasteiger partial charge on any atom is 0.230 e. The molecule has 0 spiro atoms. The number of hydrogen-bond acceptors (Lipinski definition) is 6. The number of ether oxygens (including phenoxy) is 2. The van der Waals surface area contributed by atoms with Crippen molar-refractivity contribution >= 4 is 11.6 Å². The van der Waals surface area contributed by atoms with Crippen LogP contribution in [0.2, 0.25) is 0 Å². The molecule has 3 heterocycles. The number of aliphatic hydroxyl groups excluding tert-OH is 1. The molecule has 2 aliphatic rings. The van der Waals surface area contributed by atoms with Crippen molar-refractivity contribution in [2.75, 3.05) is 38.2 Å². The number of aliphatic hydroxyl groups is 1. The molecule has 0 aliphatic carbocycles. The summed E-state index contributed by atoms with van der Waals surface area (Å²) in [5, 5.41) is 15.1. The molecule has 25 heavy (non-hydrogen) atoms. The maximum absolute atomic E-state index is 12.7. The van der Waals surface area contributed by atoms with Crippen molar-refractivity contribution in [2.45, 2.75) is 31.8 Å². The van der Waals surface area contributed by atoms with Crippen LogP contribution in [-0.4, -0.2) is 55.0 Å². The molecule has 0 radical (unpaired) electrons. The largest absolute Gasteiger partial charge is 0.475 e. The molecule has 2 fully saturated rings. The van der Waals surface area contributed by atoms with Crippen LogP contribution in [0.3, 0.4) is 0 Å². The highest BCUT2D eigenvalue weighted by Crippen LogP contribution is 2.30. The molecule has 0 aromatic carbocycles. The zero-order chi connectivity index (χ0) is 17.5. The van der Waals surface area contributed by atoms with Gasteiger partial charge < -0.3 is 25.2 Å². The number of pyridine rings is 1. The SMILES string of the molecule is O=C(Nc1ccnc(OCCO)c1)[C@@H]1CCO[C@@H]1CC1CCNCC1. The zero-order valence-corrected chi connectivity index (χ0v) is 14.4. The van der Waals surface area contributed by atoms with Gasteiger partial charge in [-0.3, -0.25) is 4.79 Å². The Morgan fingerprint density at radius 3 is 3.04 bits per heavy atom. The van der Waals surface area contributed by atoms with Crippen molar-refractivity contribution in [2.24, 2.45) is 11.8 Å². The van der Waals surface area contributed by atoms with Gasteiger partial charge in [-0.15, -0.1) is 0 Å². The second kappa shape index (κ2) is 9.12. The van der Waals surface area contributed by atoms with E-state index in [4.69, 9.17) is 14.6 Å². The van der Waals surface area contributed by atoms with Gasteiger partial charge in [-0.25, -0.2) is 4.98 Å². The number of piperidine rings is 1. The Morgan fingerprint density at radius 1 is 1.40 bits per heavy atom. The van der Waals surface area contributed by atoms with E-state index < -0.39 is 0 Å². The summed E-state index contributed by atoms with van der Waals surface area (Å²) in [5.41, 5.74) is 0.653. The molecule has 7 nitrogen and oxygen atoms in total. The van der Waals surface area contributed by atoms with Crippen LogP contribution < -0.4 is 15.4 Å². The summed E-state index contributed by atoms with van der Waals surface area (Å²) in [5.74, 6) is 0.917. The first-order valence-corrected chi connectivity index (χ1v) is 9.09. The number of rotatable bonds is 7. The van der Waals surface area contributed by atoms with Crippen LogP contribution in [0, 0.1) is 11.8 Å². The third-order valence-electron chi connectivity index (χ3n) is 4.91. The molecule has 138 valence electrons. The van der Waals surface area contributed by atoms with Crippen molar-refractivity contribution in [3.8, 4) is 5.88 Å². The van der Waals surface area contributed by atoms with Gasteiger partial charge in [0.05, 0.1) is 18.6 Å². The number of amides is 1. The summed E-state index contributed by atoms with van der Waals surface area (Å²) in [7, 11) is 0. The predicted octanol–water partition coefficient (Wildman–Crippen LogP) is 1.19. The average molecular weight is 349 g/mol. The number of aromatic nitrogens is 1. The highest BCUT2D eigenvalue weighted by molar-refractivity contribution is 5.93. The third-order valence-corrected chi connectivity index (χ3v) is 4.91. The van der Waals surface area contributed by atoms with E-state index in [9.17, 15) is 4.79 Å². The Hall–Kier alpha value is -1.70. The average Bonchev–Trinajstić information content (AvgIpc) is 3.09. The molecule has 1 amide bonds. The number of hydrogen-bond donors (Lipinski definition) is 3. The van der Waals surface area contributed by atoms with Crippen molar-refractivity contribution in [1.29, 1.82) is 0 Å². The van der Waals surface area contributed by atoms with Gasteiger partial charge in [0, 0.05) is 24.6 Å². The summed E-state index contributed by atoms with van der Waals surface area (Å²) in [6.45, 7) is 2.87. The Labute approximate surface area is 148 Å². The molecule has 0 unspecified atom stereocenters. The van der Waals surface area contributed by atoms with E-state index in [0.717, 1.165) is 38.8 Å². The monoisotopic (exact) mass is 349 g/mol. The van der Waals surface area contributed by atoms with E-state index in [2.05, 4.69) is 15.6 Å². The number of nitrogens with zero attached hydrogens (tertiary/aromatic N) is 1. The molecule has 7 heteroatoms. The third kappa shape index (κ3) is 5.14. The van der Waals surface area contributed by atoms with Gasteiger partial charge >= 0.3 is 0 Å². The first kappa shape index (κ1) is 18.1. The lowest BCUT2D eigenvalue weighted by molar-refractivity contribution is -0.121. The van der Waals surface area contributed by atoms with Gasteiger partial charge in [-0.2, -0.15) is 0 Å². The van der Waals surface area contributed by atoms with Gasteiger partial charge in [0.25, 0.3) is 0 Å². The van der Waals surface area contributed by atoms with Gasteiger partial charge in [0.15, 0.2) is 0 Å². The summed E-state index contributed by atoms with van der Waals surface area (Å²) < 4.78 is 11.1. The fourth-order valence-electron chi connectivity index (χ4n) is 3.58. The summed E-state index contributed by atoms with van der Waals surface area (Å²) in [6.07, 6.45) is 5.63. The maximum atomic E-state index is 12.7. The molecule has 1 aromatic heterocycles. The van der Waals surface area contributed by atoms with Gasteiger partial charge in [-0.1, -0.05) is 0 Å². The van der Waals surface area contributed by atoms with E-state index >= 15 is 0 Å². The lowest BCUT2D eigenvalue weighted by Crippen LogP contribution is -2.34. The molecule has 2 aliphatic heterocycles. The Kier molecular flexibility index (Phi) is 6.61. The molecular weight excluding hydrogens is 322 g/mol. The minimum atomic E-state index is -0.107. The van der Waals surface area contributed by atoms with Crippen LogP contribution in [0.25, 0.3) is 0 Å². The standard InChI is InChI=1S/C18H27N3O4/c22-8-10-25-17-12-14(3-7-20-17)21-18(23)15-4-9-24-16(15)11-13-1-5-19-6-2-13/h3,7,12-13,15-16,19,22H,1-2,4-6,8-11H2,(H,20,21,23)/t15-,16-/m1/s1. The number of carbonyl (C=O) groups excluding carboxylic acids is 1. The fraction of sp³-hybridized carbons (Fsp3) is 0.667. The molecule has 2 saturated heterocycles. The van der Waals surface area contributed by atoms with Crippen LogP contribution in [0.1, 0.15) is 25.7 Å². The van der Waals surface area contributed by atoms with E-state index in [1.807, 2.05) is 0 Å². The molecule has 3 N–H and O–H groups in total.